The van der Waals surface area contributed by atoms with Crippen molar-refractivity contribution >= 4 is 21.4 Å². The molecule has 4 rings (SSSR count). The van der Waals surface area contributed by atoms with Crippen LogP contribution in [-0.2, 0) is 16.4 Å². The van der Waals surface area contributed by atoms with E-state index in [1.54, 1.807) is 0 Å². The molecule has 0 spiro atoms. The molecule has 0 amide bonds. The molecule has 2 aromatic rings. The smallest absolute Gasteiger partial charge is 0.232 e. The maximum atomic E-state index is 12.1. The van der Waals surface area contributed by atoms with Gasteiger partial charge in [0.2, 0.25) is 10.0 Å². The number of fused-ring (bicyclic) bond motifs is 1. The van der Waals surface area contributed by atoms with Gasteiger partial charge >= 0.3 is 0 Å². The third-order valence-electron chi connectivity index (χ3n) is 6.44. The van der Waals surface area contributed by atoms with Crippen LogP contribution in [0.1, 0.15) is 36.1 Å². The molecule has 6 nitrogen and oxygen atoms in total. The van der Waals surface area contributed by atoms with Crippen LogP contribution in [-0.4, -0.2) is 63.4 Å². The first kappa shape index (κ1) is 22.1. The zero-order chi connectivity index (χ0) is 22.2. The van der Waals surface area contributed by atoms with Gasteiger partial charge in [-0.1, -0.05) is 24.3 Å². The number of aliphatic hydroxyl groups excluding tert-OH is 1. The van der Waals surface area contributed by atoms with Gasteiger partial charge in [0.1, 0.15) is 0 Å². The topological polar surface area (TPSA) is 64.1 Å². The molecule has 0 radical (unpaired) electrons. The third-order valence-corrected chi connectivity index (χ3v) is 7.62. The van der Waals surface area contributed by atoms with Crippen LogP contribution in [0.4, 0.5) is 11.4 Å². The minimum absolute atomic E-state index is 0.370. The number of aliphatic hydroxyl groups is 1. The minimum Gasteiger partial charge on any atom is -0.387 e. The fourth-order valence-electron chi connectivity index (χ4n) is 4.87. The fraction of sp³-hybridized carbons (Fsp3) is 0.500. The zero-order valence-corrected chi connectivity index (χ0v) is 19.5. The van der Waals surface area contributed by atoms with Crippen molar-refractivity contribution in [1.82, 2.24) is 4.90 Å². The van der Waals surface area contributed by atoms with Gasteiger partial charge in [0, 0.05) is 44.5 Å². The molecule has 0 aliphatic carbocycles. The van der Waals surface area contributed by atoms with E-state index in [1.807, 2.05) is 18.2 Å². The molecule has 7 heteroatoms. The molecule has 0 unspecified atom stereocenters. The summed E-state index contributed by atoms with van der Waals surface area (Å²) in [7, 11) is -3.27. The van der Waals surface area contributed by atoms with E-state index in [4.69, 9.17) is 0 Å². The third kappa shape index (κ3) is 4.89. The summed E-state index contributed by atoms with van der Waals surface area (Å²) >= 11 is 0. The Morgan fingerprint density at radius 3 is 2.65 bits per heavy atom. The average molecular weight is 444 g/mol. The van der Waals surface area contributed by atoms with Crippen molar-refractivity contribution in [3.63, 3.8) is 0 Å². The monoisotopic (exact) mass is 443 g/mol. The van der Waals surface area contributed by atoms with Gasteiger partial charge in [0.15, 0.2) is 0 Å². The van der Waals surface area contributed by atoms with Crippen LogP contribution in [0.3, 0.4) is 0 Å². The molecule has 1 saturated heterocycles. The van der Waals surface area contributed by atoms with Crippen molar-refractivity contribution in [3.05, 3.63) is 59.2 Å². The fourth-order valence-corrected chi connectivity index (χ4v) is 5.87. The predicted octanol–water partition coefficient (Wildman–Crippen LogP) is 2.95. The molecule has 2 atom stereocenters. The minimum atomic E-state index is -3.27. The summed E-state index contributed by atoms with van der Waals surface area (Å²) in [4.78, 5) is 4.76. The van der Waals surface area contributed by atoms with Crippen molar-refractivity contribution < 1.29 is 13.5 Å². The Morgan fingerprint density at radius 2 is 1.94 bits per heavy atom. The number of piperazine rings is 1. The molecule has 1 N–H and O–H groups in total. The summed E-state index contributed by atoms with van der Waals surface area (Å²) in [5.74, 6) is 0. The second-order valence-corrected chi connectivity index (χ2v) is 10.9. The Morgan fingerprint density at radius 1 is 1.13 bits per heavy atom. The zero-order valence-electron chi connectivity index (χ0n) is 18.7. The molecule has 2 aliphatic heterocycles. The van der Waals surface area contributed by atoms with E-state index in [-0.39, 0.29) is 0 Å². The lowest BCUT2D eigenvalue weighted by atomic mass is 9.98. The normalized spacial score (nSPS) is 21.1. The van der Waals surface area contributed by atoms with Crippen LogP contribution < -0.4 is 9.21 Å². The quantitative estimate of drug-likeness (QED) is 0.770. The van der Waals surface area contributed by atoms with Gasteiger partial charge in [-0.15, -0.1) is 0 Å². The number of sulfonamides is 1. The number of nitrogens with zero attached hydrogens (tertiary/aromatic N) is 3. The van der Waals surface area contributed by atoms with Crippen LogP contribution in [0.5, 0.6) is 0 Å². The van der Waals surface area contributed by atoms with E-state index in [0.717, 1.165) is 49.3 Å². The Bertz CT molecular complexity index is 1040. The van der Waals surface area contributed by atoms with E-state index >= 15 is 0 Å². The molecule has 31 heavy (non-hydrogen) atoms. The van der Waals surface area contributed by atoms with Crippen LogP contribution in [0.15, 0.2) is 42.5 Å². The Kier molecular flexibility index (Phi) is 6.28. The molecular weight excluding hydrogens is 410 g/mol. The molecule has 2 aromatic carbocycles. The first-order chi connectivity index (χ1) is 14.7. The van der Waals surface area contributed by atoms with Gasteiger partial charge < -0.3 is 10.0 Å². The standard InChI is InChI=1S/C24H33N3O3S/c1-18-6-4-8-22(14-18)26-13-12-25(16-19(26)2)17-24(28)21-9-10-23-20(15-21)7-5-11-27(23)31(3,29)30/h4,6,8-10,14-15,19,24,28H,5,7,11-13,16-17H2,1-3H3/t19-,24-/m0/s1. The summed E-state index contributed by atoms with van der Waals surface area (Å²) in [6, 6.07) is 14.7. The van der Waals surface area contributed by atoms with Gasteiger partial charge in [-0.2, -0.15) is 0 Å². The van der Waals surface area contributed by atoms with Crippen molar-refractivity contribution in [2.24, 2.45) is 0 Å². The van der Waals surface area contributed by atoms with E-state index < -0.39 is 16.1 Å². The van der Waals surface area contributed by atoms with E-state index in [1.165, 1.54) is 21.8 Å². The molecule has 0 bridgehead atoms. The molecule has 0 saturated carbocycles. The van der Waals surface area contributed by atoms with Crippen LogP contribution in [0.25, 0.3) is 0 Å². The number of hydrogen-bond donors (Lipinski definition) is 1. The summed E-state index contributed by atoms with van der Waals surface area (Å²) < 4.78 is 25.6. The van der Waals surface area contributed by atoms with Crippen molar-refractivity contribution in [1.29, 1.82) is 0 Å². The number of hydrogen-bond acceptors (Lipinski definition) is 5. The van der Waals surface area contributed by atoms with E-state index in [2.05, 4.69) is 47.9 Å². The number of β-amino-alcohol motifs (C(OH)–C–C–N with tert-alkyl or cyclic N) is 1. The SMILES string of the molecule is Cc1cccc(N2CCN(C[C@H](O)c3ccc4c(c3)CCCN4S(C)(=O)=O)C[C@@H]2C)c1. The average Bonchev–Trinajstić information content (AvgIpc) is 2.72. The van der Waals surface area contributed by atoms with Gasteiger partial charge in [0.25, 0.3) is 0 Å². The summed E-state index contributed by atoms with van der Waals surface area (Å²) in [5, 5.41) is 10.9. The van der Waals surface area contributed by atoms with Crippen LogP contribution in [0, 0.1) is 6.92 Å². The molecular formula is C24H33N3O3S. The highest BCUT2D eigenvalue weighted by Gasteiger charge is 2.27. The Hall–Kier alpha value is -2.09. The first-order valence-corrected chi connectivity index (χ1v) is 12.9. The van der Waals surface area contributed by atoms with Gasteiger partial charge in [-0.3, -0.25) is 9.21 Å². The molecule has 2 aliphatic rings. The highest BCUT2D eigenvalue weighted by molar-refractivity contribution is 7.92. The molecule has 1 fully saturated rings. The van der Waals surface area contributed by atoms with Gasteiger partial charge in [-0.05, 0) is 61.6 Å². The lowest BCUT2D eigenvalue weighted by Gasteiger charge is -2.42. The number of benzene rings is 2. The predicted molar refractivity (Wildman–Crippen MR) is 126 cm³/mol. The second-order valence-electron chi connectivity index (χ2n) is 8.98. The van der Waals surface area contributed by atoms with Crippen LogP contribution in [0.2, 0.25) is 0 Å². The van der Waals surface area contributed by atoms with Crippen molar-refractivity contribution in [2.75, 3.05) is 48.2 Å². The number of anilines is 2. The second kappa shape index (κ2) is 8.81. The maximum absolute atomic E-state index is 12.1. The summed E-state index contributed by atoms with van der Waals surface area (Å²) in [6.45, 7) is 8.20. The lowest BCUT2D eigenvalue weighted by Crippen LogP contribution is -2.52. The number of aryl methyl sites for hydroxylation is 2. The van der Waals surface area contributed by atoms with Gasteiger partial charge in [0.05, 0.1) is 18.0 Å². The highest BCUT2D eigenvalue weighted by atomic mass is 32.2. The van der Waals surface area contributed by atoms with E-state index in [9.17, 15) is 13.5 Å². The largest absolute Gasteiger partial charge is 0.387 e. The Labute approximate surface area is 186 Å². The molecule has 0 aromatic heterocycles. The summed E-state index contributed by atoms with van der Waals surface area (Å²) in [5.41, 5.74) is 5.15. The van der Waals surface area contributed by atoms with Crippen molar-refractivity contribution in [2.45, 2.75) is 38.8 Å². The Balaban J connectivity index is 1.42. The molecule has 2 heterocycles. The molecule has 168 valence electrons. The van der Waals surface area contributed by atoms with E-state index in [0.29, 0.717) is 19.1 Å². The number of rotatable bonds is 5. The highest BCUT2D eigenvalue weighted by Crippen LogP contribution is 2.32. The first-order valence-electron chi connectivity index (χ1n) is 11.1. The summed E-state index contributed by atoms with van der Waals surface area (Å²) in [6.07, 6.45) is 2.31. The van der Waals surface area contributed by atoms with Crippen molar-refractivity contribution in [3.8, 4) is 0 Å². The van der Waals surface area contributed by atoms with Crippen LogP contribution >= 0.6 is 0 Å². The lowest BCUT2D eigenvalue weighted by molar-refractivity contribution is 0.102. The maximum Gasteiger partial charge on any atom is 0.232 e. The van der Waals surface area contributed by atoms with Gasteiger partial charge in [-0.25, -0.2) is 8.42 Å².